The van der Waals surface area contributed by atoms with Gasteiger partial charge in [0.15, 0.2) is 32.4 Å². The summed E-state index contributed by atoms with van der Waals surface area (Å²) in [6.45, 7) is 11.6. The smallest absolute Gasteiger partial charge is 0.248 e. The Morgan fingerprint density at radius 3 is 0.748 bits per heavy atom. The minimum absolute atomic E-state index is 0.00611. The van der Waals surface area contributed by atoms with Gasteiger partial charge in [-0.3, -0.25) is 47.9 Å². The first-order chi connectivity index (χ1) is 64.1. The first-order valence-corrected chi connectivity index (χ1v) is 49.7. The fourth-order valence-electron chi connectivity index (χ4n) is 13.2. The third-order valence-electron chi connectivity index (χ3n) is 20.7. The molecule has 0 bridgehead atoms. The minimum Gasteiger partial charge on any atom is -0.381 e. The lowest BCUT2D eigenvalue weighted by Crippen LogP contribution is -2.51. The number of nitrogens with two attached hydrogens (primary N) is 2. The Bertz CT molecular complexity index is 2950. The van der Waals surface area contributed by atoms with Crippen molar-refractivity contribution in [1.29, 1.82) is 0 Å². The normalized spacial score (nSPS) is 12.1. The molecule has 0 aliphatic heterocycles. The van der Waals surface area contributed by atoms with Gasteiger partial charge >= 0.3 is 0 Å². The first kappa shape index (κ1) is 123. The molecular formula is C92H177N21O18. The summed E-state index contributed by atoms with van der Waals surface area (Å²) in [5.41, 5.74) is 21.0. The van der Waals surface area contributed by atoms with Crippen molar-refractivity contribution in [3.8, 4) is 0 Å². The van der Waals surface area contributed by atoms with E-state index in [1.165, 1.54) is 205 Å². The fourth-order valence-corrected chi connectivity index (χ4v) is 13.2. The number of hydrogen-bond donors (Lipinski definition) is 16. The second kappa shape index (κ2) is 97.6. The molecule has 0 fully saturated rings. The first-order valence-electron chi connectivity index (χ1n) is 49.7. The van der Waals surface area contributed by atoms with Crippen LogP contribution in [0.15, 0.2) is 25.4 Å². The fraction of sp³-hybridized carbons (Fsp3) is 0.837. The van der Waals surface area contributed by atoms with Crippen LogP contribution in [0.1, 0.15) is 349 Å². The van der Waals surface area contributed by atoms with E-state index in [4.69, 9.17) is 49.8 Å². The van der Waals surface area contributed by atoms with E-state index in [0.29, 0.717) is 78.5 Å². The molecule has 0 saturated carbocycles. The quantitative estimate of drug-likeness (QED) is 0.0117. The van der Waals surface area contributed by atoms with Crippen LogP contribution in [0, 0.1) is 0 Å². The molecule has 0 rings (SSSR count). The van der Waals surface area contributed by atoms with Gasteiger partial charge in [-0.25, -0.2) is 24.3 Å². The van der Waals surface area contributed by atoms with E-state index in [0.717, 1.165) is 51.4 Å². The van der Waals surface area contributed by atoms with Crippen molar-refractivity contribution in [3.63, 3.8) is 0 Å². The molecule has 0 aliphatic rings. The summed E-state index contributed by atoms with van der Waals surface area (Å²) in [6, 6.07) is -4.30. The molecule has 18 N–H and O–H groups in total. The Kier molecular flexibility index (Phi) is 91.2. The summed E-state index contributed by atoms with van der Waals surface area (Å²) in [5, 5.41) is 41.9. The summed E-state index contributed by atoms with van der Waals surface area (Å²) in [6.07, 6.45) is 56.2. The highest BCUT2D eigenvalue weighted by Crippen LogP contribution is 2.16. The summed E-state index contributed by atoms with van der Waals surface area (Å²) in [4.78, 5) is 157. The molecule has 0 heterocycles. The van der Waals surface area contributed by atoms with Gasteiger partial charge < -0.3 is 83.6 Å². The summed E-state index contributed by atoms with van der Waals surface area (Å²) >= 11 is 0. The number of aliphatic imine (C=N–C) groups is 1. The Labute approximate surface area is 783 Å². The monoisotopic (exact) mass is 1860 g/mol. The van der Waals surface area contributed by atoms with E-state index in [9.17, 15) is 47.9 Å². The van der Waals surface area contributed by atoms with E-state index in [2.05, 4.69) is 129 Å². The average molecular weight is 1870 g/mol. The maximum atomic E-state index is 14.2. The van der Waals surface area contributed by atoms with Crippen molar-refractivity contribution in [2.45, 2.75) is 367 Å². The molecular weight excluding hydrogens is 1690 g/mol. The predicted octanol–water partition coefficient (Wildman–Crippen LogP) is 9.21. The van der Waals surface area contributed by atoms with E-state index in [1.807, 2.05) is 0 Å². The second-order valence-corrected chi connectivity index (χ2v) is 32.6. The number of hydrazone groups is 4. The van der Waals surface area contributed by atoms with Gasteiger partial charge in [0.1, 0.15) is 18.1 Å². The zero-order valence-corrected chi connectivity index (χ0v) is 80.8. The molecule has 0 aromatic rings. The number of amides is 10. The molecule has 3 atom stereocenters. The molecule has 0 aromatic heterocycles. The van der Waals surface area contributed by atoms with E-state index in [-0.39, 0.29) is 91.3 Å². The second-order valence-electron chi connectivity index (χ2n) is 32.6. The van der Waals surface area contributed by atoms with E-state index >= 15 is 0 Å². The van der Waals surface area contributed by atoms with E-state index in [1.54, 1.807) is 24.9 Å². The SMILES string of the molecule is CCCCCCCCCCCCOCC/C=N/NOCC(=O)NCCNC(=O)CC[C@H](NC(=O)CC[C@H](N=C(N)N)C(=O)N[C@@H](CCC(=O)NCCNC(=O)CON/N=C/CCOCCCCCCCCCCCC)C(=O)NCCNC(=O)CON/N=C/CCOCCCCCCCCCCCC)C(=O)NCCNC(=O)CON/N=C/CCOCCCCCCCCCCCC. The molecule has 0 spiro atoms. The highest BCUT2D eigenvalue weighted by atomic mass is 16.7. The zero-order chi connectivity index (χ0) is 95.5. The number of carbonyl (C=O) groups is 10. The molecule has 758 valence electrons. The number of carbonyl (C=O) groups excluding carboxylic acids is 10. The van der Waals surface area contributed by atoms with Gasteiger partial charge in [-0.2, -0.15) is 42.8 Å². The predicted molar refractivity (Wildman–Crippen MR) is 515 cm³/mol. The number of unbranched alkanes of at least 4 members (excludes halogenated alkanes) is 36. The Morgan fingerprint density at radius 2 is 0.489 bits per heavy atom. The molecule has 10 amide bonds. The van der Waals surface area contributed by atoms with Crippen LogP contribution >= 0.6 is 0 Å². The third-order valence-corrected chi connectivity index (χ3v) is 20.7. The van der Waals surface area contributed by atoms with Crippen LogP contribution in [-0.4, -0.2) is 240 Å². The Hall–Kier alpha value is -8.47. The number of nitrogens with zero attached hydrogens (tertiary/aromatic N) is 5. The lowest BCUT2D eigenvalue weighted by molar-refractivity contribution is -0.131. The largest absolute Gasteiger partial charge is 0.381 e. The van der Waals surface area contributed by atoms with Crippen LogP contribution in [0.2, 0.25) is 0 Å². The molecule has 39 heteroatoms. The van der Waals surface area contributed by atoms with Gasteiger partial charge in [-0.05, 0) is 44.9 Å². The van der Waals surface area contributed by atoms with Crippen LogP contribution in [-0.2, 0) is 86.2 Å². The van der Waals surface area contributed by atoms with Gasteiger partial charge in [0, 0.05) is 149 Å². The summed E-state index contributed by atoms with van der Waals surface area (Å²) < 4.78 is 22.8. The maximum absolute atomic E-state index is 14.2. The lowest BCUT2D eigenvalue weighted by Gasteiger charge is -2.22. The standard InChI is InChI=1S/C92H177N21O18/c1-5-9-13-17-21-25-29-33-37-41-67-124-71-45-55-103-110-128-75-85(117)97-61-59-95-82(114)52-49-79(89(121)101-65-63-99-87(119)77-130-112-105-57-47-73-126-69-43-39-35-31-27-23-19-15-11-7-3)107-84(116)54-51-81(109-92(93)94)91(123)108-80(90(122)102-66-64-100-88(120)78-131-113-106-58-48-74-127-70-44-40-36-32-28-24-20-16-12-8-4)50-53-83(115)96-60-62-98-86(118)76-129-111-104-56-46-72-125-68-42-38-34-30-26-22-18-14-10-6-2/h55-58,79-81,110-113H,5-54,59-78H2,1-4H3,(H,95,114)(H,96,115)(H,97,117)(H,98,118)(H,99,119)(H,100,120)(H,101,121)(H,102,122)(H,107,116)(H,108,123)(H4,93,94,109)/b103-55+,104-56+,105-57+,106-58+/t79-,80-,81-/m0/s1. The van der Waals surface area contributed by atoms with Gasteiger partial charge in [0.2, 0.25) is 59.1 Å². The van der Waals surface area contributed by atoms with Crippen LogP contribution in [0.3, 0.4) is 0 Å². The van der Waals surface area contributed by atoms with E-state index < -0.39 is 109 Å². The minimum atomic E-state index is -1.52. The highest BCUT2D eigenvalue weighted by molar-refractivity contribution is 5.93. The van der Waals surface area contributed by atoms with Crippen LogP contribution in [0.4, 0.5) is 0 Å². The molecule has 0 aromatic carbocycles. The van der Waals surface area contributed by atoms with Gasteiger partial charge in [0.05, 0.1) is 26.4 Å². The Balaban J connectivity index is 5.84. The van der Waals surface area contributed by atoms with Gasteiger partial charge in [-0.1, -0.05) is 259 Å². The van der Waals surface area contributed by atoms with Crippen molar-refractivity contribution < 1.29 is 86.2 Å². The molecule has 0 aliphatic carbocycles. The molecule has 39 nitrogen and oxygen atoms in total. The summed E-state index contributed by atoms with van der Waals surface area (Å²) in [7, 11) is 0. The average Bonchev–Trinajstić information content (AvgIpc) is 0.887. The van der Waals surface area contributed by atoms with Crippen molar-refractivity contribution in [1.82, 2.24) is 75.5 Å². The number of guanidine groups is 1. The van der Waals surface area contributed by atoms with Crippen LogP contribution in [0.5, 0.6) is 0 Å². The lowest BCUT2D eigenvalue weighted by atomic mass is 10.1. The van der Waals surface area contributed by atoms with Crippen LogP contribution < -0.4 is 87.0 Å². The number of hydrogen-bond acceptors (Lipinski definition) is 27. The third kappa shape index (κ3) is 90.5. The van der Waals surface area contributed by atoms with Crippen molar-refractivity contribution >= 4 is 89.9 Å². The van der Waals surface area contributed by atoms with Crippen molar-refractivity contribution in [3.05, 3.63) is 0 Å². The number of rotatable bonds is 99. The van der Waals surface area contributed by atoms with Crippen molar-refractivity contribution in [2.75, 3.05) is 132 Å². The molecule has 0 radical (unpaired) electrons. The molecule has 131 heavy (non-hydrogen) atoms. The van der Waals surface area contributed by atoms with Gasteiger partial charge in [-0.15, -0.1) is 0 Å². The topological polar surface area (TPSA) is 527 Å². The number of nitrogens with one attached hydrogen (secondary N) is 14. The zero-order valence-electron chi connectivity index (χ0n) is 80.8. The van der Waals surface area contributed by atoms with Crippen molar-refractivity contribution in [2.24, 2.45) is 36.9 Å². The summed E-state index contributed by atoms with van der Waals surface area (Å²) in [5.74, 6) is -6.98. The maximum Gasteiger partial charge on any atom is 0.248 e. The molecule has 0 saturated heterocycles. The highest BCUT2D eigenvalue weighted by Gasteiger charge is 2.29. The van der Waals surface area contributed by atoms with Gasteiger partial charge in [0.25, 0.3) is 0 Å². The van der Waals surface area contributed by atoms with Crippen LogP contribution in [0.25, 0.3) is 0 Å². The Morgan fingerprint density at radius 1 is 0.260 bits per heavy atom. The molecule has 0 unspecified atom stereocenters. The number of ether oxygens (including phenoxy) is 4.